The van der Waals surface area contributed by atoms with Crippen molar-refractivity contribution in [2.45, 2.75) is 37.8 Å². The SMILES string of the molecule is OCC1CC(OCc2ccccc2)CC2OC12. The van der Waals surface area contributed by atoms with Gasteiger partial charge in [-0.05, 0) is 12.0 Å². The molecule has 0 aromatic heterocycles. The fourth-order valence-corrected chi connectivity index (χ4v) is 2.69. The number of rotatable bonds is 4. The fraction of sp³-hybridized carbons (Fsp3) is 0.571. The number of aliphatic hydroxyl groups is 1. The first-order valence-corrected chi connectivity index (χ1v) is 6.28. The van der Waals surface area contributed by atoms with Crippen molar-refractivity contribution in [1.82, 2.24) is 0 Å². The number of aliphatic hydroxyl groups excluding tert-OH is 1. The fourth-order valence-electron chi connectivity index (χ4n) is 2.69. The molecule has 1 saturated carbocycles. The standard InChI is InChI=1S/C14H18O3/c15-8-11-6-12(7-13-14(11)17-13)16-9-10-4-2-1-3-5-10/h1-5,11-15H,6-9H2. The van der Waals surface area contributed by atoms with Gasteiger partial charge in [0, 0.05) is 18.9 Å². The van der Waals surface area contributed by atoms with Crippen LogP contribution in [0.3, 0.4) is 0 Å². The minimum atomic E-state index is 0.215. The van der Waals surface area contributed by atoms with Gasteiger partial charge in [0.1, 0.15) is 0 Å². The van der Waals surface area contributed by atoms with Crippen molar-refractivity contribution in [2.24, 2.45) is 5.92 Å². The highest BCUT2D eigenvalue weighted by atomic mass is 16.6. The lowest BCUT2D eigenvalue weighted by atomic mass is 9.88. The topological polar surface area (TPSA) is 42.0 Å². The zero-order valence-corrected chi connectivity index (χ0v) is 9.79. The van der Waals surface area contributed by atoms with Crippen LogP contribution in [0.15, 0.2) is 30.3 Å². The molecule has 2 aliphatic rings. The van der Waals surface area contributed by atoms with Crippen LogP contribution in [0.5, 0.6) is 0 Å². The monoisotopic (exact) mass is 234 g/mol. The summed E-state index contributed by atoms with van der Waals surface area (Å²) in [6.45, 7) is 0.868. The molecule has 4 unspecified atom stereocenters. The van der Waals surface area contributed by atoms with Crippen LogP contribution in [-0.2, 0) is 16.1 Å². The van der Waals surface area contributed by atoms with Gasteiger partial charge >= 0.3 is 0 Å². The van der Waals surface area contributed by atoms with E-state index in [1.54, 1.807) is 0 Å². The quantitative estimate of drug-likeness (QED) is 0.807. The van der Waals surface area contributed by atoms with Crippen LogP contribution in [0.2, 0.25) is 0 Å². The molecule has 0 amide bonds. The summed E-state index contributed by atoms with van der Waals surface area (Å²) in [5.74, 6) is 0.273. The van der Waals surface area contributed by atoms with Gasteiger partial charge in [0.2, 0.25) is 0 Å². The summed E-state index contributed by atoms with van der Waals surface area (Å²) >= 11 is 0. The molecule has 3 heteroatoms. The second-order valence-electron chi connectivity index (χ2n) is 4.97. The first-order valence-electron chi connectivity index (χ1n) is 6.28. The summed E-state index contributed by atoms with van der Waals surface area (Å²) in [5, 5.41) is 9.26. The number of hydrogen-bond acceptors (Lipinski definition) is 3. The number of benzene rings is 1. The van der Waals surface area contributed by atoms with E-state index in [1.165, 1.54) is 5.56 Å². The van der Waals surface area contributed by atoms with Gasteiger partial charge in [-0.1, -0.05) is 30.3 Å². The molecule has 1 heterocycles. The van der Waals surface area contributed by atoms with Crippen molar-refractivity contribution in [3.63, 3.8) is 0 Å². The summed E-state index contributed by atoms with van der Waals surface area (Å²) in [6.07, 6.45) is 2.77. The number of hydrogen-bond donors (Lipinski definition) is 1. The zero-order valence-electron chi connectivity index (χ0n) is 9.79. The minimum absolute atomic E-state index is 0.215. The Morgan fingerprint density at radius 2 is 2.06 bits per heavy atom. The first kappa shape index (κ1) is 11.2. The lowest BCUT2D eigenvalue weighted by molar-refractivity contribution is 0.00243. The molecule has 92 valence electrons. The predicted molar refractivity (Wildman–Crippen MR) is 63.5 cm³/mol. The van der Waals surface area contributed by atoms with E-state index in [0.717, 1.165) is 12.8 Å². The Hall–Kier alpha value is -0.900. The van der Waals surface area contributed by atoms with Crippen LogP contribution in [0, 0.1) is 5.92 Å². The summed E-state index contributed by atoms with van der Waals surface area (Å²) in [5.41, 5.74) is 1.20. The molecular weight excluding hydrogens is 216 g/mol. The molecule has 1 aromatic carbocycles. The van der Waals surface area contributed by atoms with Gasteiger partial charge in [0.25, 0.3) is 0 Å². The Labute approximate surface area is 101 Å². The van der Waals surface area contributed by atoms with E-state index >= 15 is 0 Å². The highest BCUT2D eigenvalue weighted by Gasteiger charge is 2.50. The maximum absolute atomic E-state index is 9.26. The highest BCUT2D eigenvalue weighted by Crippen LogP contribution is 2.41. The van der Waals surface area contributed by atoms with E-state index in [-0.39, 0.29) is 18.6 Å². The van der Waals surface area contributed by atoms with Gasteiger partial charge in [-0.3, -0.25) is 0 Å². The van der Waals surface area contributed by atoms with E-state index in [9.17, 15) is 5.11 Å². The Bertz CT molecular complexity index is 365. The Morgan fingerprint density at radius 3 is 2.82 bits per heavy atom. The molecule has 4 atom stereocenters. The van der Waals surface area contributed by atoms with Gasteiger partial charge < -0.3 is 14.6 Å². The minimum Gasteiger partial charge on any atom is -0.396 e. The van der Waals surface area contributed by atoms with E-state index in [1.807, 2.05) is 18.2 Å². The van der Waals surface area contributed by atoms with Crippen LogP contribution in [0.4, 0.5) is 0 Å². The second-order valence-corrected chi connectivity index (χ2v) is 4.97. The molecule has 3 rings (SSSR count). The van der Waals surface area contributed by atoms with Crippen LogP contribution in [0.25, 0.3) is 0 Å². The Kier molecular flexibility index (Phi) is 3.14. The van der Waals surface area contributed by atoms with Crippen molar-refractivity contribution >= 4 is 0 Å². The molecular formula is C14H18O3. The second kappa shape index (κ2) is 4.77. The molecule has 3 nitrogen and oxygen atoms in total. The van der Waals surface area contributed by atoms with Crippen LogP contribution in [0.1, 0.15) is 18.4 Å². The number of fused-ring (bicyclic) bond motifs is 1. The van der Waals surface area contributed by atoms with Crippen molar-refractivity contribution in [1.29, 1.82) is 0 Å². The Morgan fingerprint density at radius 1 is 1.24 bits per heavy atom. The average Bonchev–Trinajstić information content (AvgIpc) is 3.16. The molecule has 1 saturated heterocycles. The summed E-state index contributed by atoms with van der Waals surface area (Å²) in [6, 6.07) is 10.2. The van der Waals surface area contributed by atoms with Crippen molar-refractivity contribution < 1.29 is 14.6 Å². The van der Waals surface area contributed by atoms with E-state index in [4.69, 9.17) is 9.47 Å². The molecule has 2 fully saturated rings. The molecule has 1 aliphatic heterocycles. The maximum atomic E-state index is 9.26. The molecule has 1 aliphatic carbocycles. The molecule has 0 spiro atoms. The van der Waals surface area contributed by atoms with Crippen LogP contribution in [-0.4, -0.2) is 30.0 Å². The average molecular weight is 234 g/mol. The van der Waals surface area contributed by atoms with Crippen LogP contribution < -0.4 is 0 Å². The van der Waals surface area contributed by atoms with Gasteiger partial charge in [-0.25, -0.2) is 0 Å². The molecule has 1 aromatic rings. The van der Waals surface area contributed by atoms with E-state index in [0.29, 0.717) is 18.8 Å². The highest BCUT2D eigenvalue weighted by molar-refractivity contribution is 5.13. The van der Waals surface area contributed by atoms with Gasteiger partial charge in [-0.15, -0.1) is 0 Å². The summed E-state index contributed by atoms with van der Waals surface area (Å²) < 4.78 is 11.4. The lowest BCUT2D eigenvalue weighted by Gasteiger charge is -2.25. The van der Waals surface area contributed by atoms with E-state index in [2.05, 4.69) is 12.1 Å². The normalized spacial score (nSPS) is 35.4. The third-order valence-electron chi connectivity index (χ3n) is 3.71. The van der Waals surface area contributed by atoms with E-state index < -0.39 is 0 Å². The van der Waals surface area contributed by atoms with Crippen molar-refractivity contribution in [3.05, 3.63) is 35.9 Å². The summed E-state index contributed by atoms with van der Waals surface area (Å²) in [7, 11) is 0. The Balaban J connectivity index is 1.52. The third kappa shape index (κ3) is 2.51. The largest absolute Gasteiger partial charge is 0.396 e. The molecule has 0 radical (unpaired) electrons. The summed E-state index contributed by atoms with van der Waals surface area (Å²) in [4.78, 5) is 0. The molecule has 0 bridgehead atoms. The van der Waals surface area contributed by atoms with Gasteiger partial charge in [0.15, 0.2) is 0 Å². The lowest BCUT2D eigenvalue weighted by Crippen LogP contribution is -2.30. The third-order valence-corrected chi connectivity index (χ3v) is 3.71. The maximum Gasteiger partial charge on any atom is 0.0893 e. The molecule has 1 N–H and O–H groups in total. The molecule has 17 heavy (non-hydrogen) atoms. The predicted octanol–water partition coefficient (Wildman–Crippen LogP) is 1.74. The van der Waals surface area contributed by atoms with Crippen molar-refractivity contribution in [3.8, 4) is 0 Å². The first-order chi connectivity index (χ1) is 8.36. The smallest absolute Gasteiger partial charge is 0.0893 e. The van der Waals surface area contributed by atoms with Gasteiger partial charge in [-0.2, -0.15) is 0 Å². The zero-order chi connectivity index (χ0) is 11.7. The van der Waals surface area contributed by atoms with Crippen LogP contribution >= 0.6 is 0 Å². The van der Waals surface area contributed by atoms with Gasteiger partial charge in [0.05, 0.1) is 24.9 Å². The van der Waals surface area contributed by atoms with Crippen molar-refractivity contribution in [2.75, 3.05) is 6.61 Å². The number of epoxide rings is 1. The number of ether oxygens (including phenoxy) is 2.